The monoisotopic (exact) mass is 388 g/mol. The number of para-hydroxylation sites is 2. The summed E-state index contributed by atoms with van der Waals surface area (Å²) in [4.78, 5) is 16.7. The van der Waals surface area contributed by atoms with Gasteiger partial charge < -0.3 is 19.9 Å². The van der Waals surface area contributed by atoms with Crippen molar-refractivity contribution >= 4 is 27.8 Å². The molecule has 4 rings (SSSR count). The van der Waals surface area contributed by atoms with Crippen LogP contribution in [0.1, 0.15) is 11.4 Å². The first-order valence-electron chi connectivity index (χ1n) is 9.64. The van der Waals surface area contributed by atoms with Gasteiger partial charge in [-0.15, -0.1) is 0 Å². The lowest BCUT2D eigenvalue weighted by Crippen LogP contribution is -2.36. The SMILES string of the molecule is COc1ccc2cc(CNC(=O)NCCn3c(C)nc4ccccc43)ccc2c1. The molecule has 2 N–H and O–H groups in total. The molecule has 2 amide bonds. The van der Waals surface area contributed by atoms with Crippen molar-refractivity contribution in [3.05, 3.63) is 72.1 Å². The molecule has 0 fully saturated rings. The number of aryl methyl sites for hydroxylation is 1. The van der Waals surface area contributed by atoms with Crippen LogP contribution in [0.2, 0.25) is 0 Å². The van der Waals surface area contributed by atoms with Crippen molar-refractivity contribution in [2.45, 2.75) is 20.0 Å². The van der Waals surface area contributed by atoms with Crippen LogP contribution in [0.3, 0.4) is 0 Å². The fourth-order valence-electron chi connectivity index (χ4n) is 3.51. The zero-order valence-corrected chi connectivity index (χ0v) is 16.6. The summed E-state index contributed by atoms with van der Waals surface area (Å²) in [6, 6.07) is 19.9. The summed E-state index contributed by atoms with van der Waals surface area (Å²) in [5.74, 6) is 1.78. The second-order valence-electron chi connectivity index (χ2n) is 6.96. The van der Waals surface area contributed by atoms with Crippen LogP contribution in [-0.4, -0.2) is 29.2 Å². The quantitative estimate of drug-likeness (QED) is 0.524. The smallest absolute Gasteiger partial charge is 0.315 e. The summed E-state index contributed by atoms with van der Waals surface area (Å²) >= 11 is 0. The van der Waals surface area contributed by atoms with E-state index < -0.39 is 0 Å². The number of carbonyl (C=O) groups excluding carboxylic acids is 1. The Bertz CT molecular complexity index is 1170. The van der Waals surface area contributed by atoms with E-state index in [9.17, 15) is 4.79 Å². The second-order valence-corrected chi connectivity index (χ2v) is 6.96. The number of amides is 2. The predicted octanol–water partition coefficient (Wildman–Crippen LogP) is 4.01. The van der Waals surface area contributed by atoms with Gasteiger partial charge in [-0.3, -0.25) is 0 Å². The summed E-state index contributed by atoms with van der Waals surface area (Å²) in [6.45, 7) is 3.67. The number of hydrogen-bond acceptors (Lipinski definition) is 3. The molecule has 29 heavy (non-hydrogen) atoms. The summed E-state index contributed by atoms with van der Waals surface area (Å²) in [5.41, 5.74) is 3.11. The highest BCUT2D eigenvalue weighted by Gasteiger charge is 2.07. The van der Waals surface area contributed by atoms with Crippen LogP contribution in [0.5, 0.6) is 5.75 Å². The number of methoxy groups -OCH3 is 1. The average molecular weight is 388 g/mol. The van der Waals surface area contributed by atoms with Crippen LogP contribution in [0.25, 0.3) is 21.8 Å². The Morgan fingerprint density at radius 2 is 1.83 bits per heavy atom. The number of carbonyl (C=O) groups is 1. The molecular weight excluding hydrogens is 364 g/mol. The van der Waals surface area contributed by atoms with Crippen LogP contribution in [0.15, 0.2) is 60.7 Å². The Hall–Kier alpha value is -3.54. The molecule has 1 aromatic heterocycles. The van der Waals surface area contributed by atoms with Gasteiger partial charge in [0.05, 0.1) is 18.1 Å². The van der Waals surface area contributed by atoms with Crippen molar-refractivity contribution in [1.82, 2.24) is 20.2 Å². The molecule has 0 radical (unpaired) electrons. The van der Waals surface area contributed by atoms with Gasteiger partial charge in [0.25, 0.3) is 0 Å². The number of benzene rings is 3. The Morgan fingerprint density at radius 3 is 2.69 bits per heavy atom. The van der Waals surface area contributed by atoms with E-state index >= 15 is 0 Å². The largest absolute Gasteiger partial charge is 0.497 e. The predicted molar refractivity (Wildman–Crippen MR) is 115 cm³/mol. The highest BCUT2D eigenvalue weighted by atomic mass is 16.5. The van der Waals surface area contributed by atoms with Crippen molar-refractivity contribution in [1.29, 1.82) is 0 Å². The van der Waals surface area contributed by atoms with Crippen LogP contribution < -0.4 is 15.4 Å². The van der Waals surface area contributed by atoms with Crippen molar-refractivity contribution in [3.8, 4) is 5.75 Å². The Balaban J connectivity index is 1.31. The number of urea groups is 1. The van der Waals surface area contributed by atoms with E-state index in [1.54, 1.807) is 7.11 Å². The molecule has 3 aromatic carbocycles. The van der Waals surface area contributed by atoms with Crippen LogP contribution in [0, 0.1) is 6.92 Å². The highest BCUT2D eigenvalue weighted by molar-refractivity contribution is 5.84. The topological polar surface area (TPSA) is 68.2 Å². The van der Waals surface area contributed by atoms with Crippen molar-refractivity contribution in [3.63, 3.8) is 0 Å². The minimum absolute atomic E-state index is 0.179. The molecule has 1 heterocycles. The zero-order chi connectivity index (χ0) is 20.2. The van der Waals surface area contributed by atoms with Gasteiger partial charge in [-0.1, -0.05) is 30.3 Å². The number of hydrogen-bond donors (Lipinski definition) is 2. The molecule has 0 bridgehead atoms. The summed E-state index contributed by atoms with van der Waals surface area (Å²) < 4.78 is 7.37. The van der Waals surface area contributed by atoms with Gasteiger partial charge in [-0.25, -0.2) is 9.78 Å². The molecule has 0 aliphatic carbocycles. The highest BCUT2D eigenvalue weighted by Crippen LogP contribution is 2.21. The molecule has 0 atom stereocenters. The average Bonchev–Trinajstić information content (AvgIpc) is 3.07. The first-order chi connectivity index (χ1) is 14.1. The van der Waals surface area contributed by atoms with Gasteiger partial charge in [0.2, 0.25) is 0 Å². The molecule has 148 valence electrons. The molecule has 6 heteroatoms. The lowest BCUT2D eigenvalue weighted by molar-refractivity contribution is 0.240. The molecule has 0 saturated heterocycles. The molecule has 0 spiro atoms. The Morgan fingerprint density at radius 1 is 1.03 bits per heavy atom. The fraction of sp³-hybridized carbons (Fsp3) is 0.217. The standard InChI is InChI=1S/C23H24N4O2/c1-16-26-21-5-3-4-6-22(21)27(16)12-11-24-23(28)25-15-17-7-8-19-14-20(29-2)10-9-18(19)13-17/h3-10,13-14H,11-12,15H2,1-2H3,(H2,24,25,28). The molecule has 0 aliphatic heterocycles. The number of ether oxygens (including phenoxy) is 1. The zero-order valence-electron chi connectivity index (χ0n) is 16.6. The third-order valence-electron chi connectivity index (χ3n) is 5.03. The first-order valence-corrected chi connectivity index (χ1v) is 9.64. The van der Waals surface area contributed by atoms with Crippen LogP contribution in [0.4, 0.5) is 4.79 Å². The number of rotatable bonds is 6. The van der Waals surface area contributed by atoms with Crippen molar-refractivity contribution < 1.29 is 9.53 Å². The summed E-state index contributed by atoms with van der Waals surface area (Å²) in [6.07, 6.45) is 0. The van der Waals surface area contributed by atoms with Crippen LogP contribution >= 0.6 is 0 Å². The molecular formula is C23H24N4O2. The van der Waals surface area contributed by atoms with Gasteiger partial charge >= 0.3 is 6.03 Å². The number of nitrogens with one attached hydrogen (secondary N) is 2. The molecule has 4 aromatic rings. The van der Waals surface area contributed by atoms with Gasteiger partial charge in [0.1, 0.15) is 11.6 Å². The lowest BCUT2D eigenvalue weighted by Gasteiger charge is -2.10. The van der Waals surface area contributed by atoms with Crippen molar-refractivity contribution in [2.24, 2.45) is 0 Å². The van der Waals surface area contributed by atoms with E-state index in [0.29, 0.717) is 19.6 Å². The van der Waals surface area contributed by atoms with Gasteiger partial charge in [0.15, 0.2) is 0 Å². The van der Waals surface area contributed by atoms with E-state index in [2.05, 4.69) is 26.3 Å². The number of nitrogens with zero attached hydrogens (tertiary/aromatic N) is 2. The number of imidazole rings is 1. The molecule has 0 saturated carbocycles. The van der Waals surface area contributed by atoms with E-state index in [1.165, 1.54) is 0 Å². The lowest BCUT2D eigenvalue weighted by atomic mass is 10.1. The van der Waals surface area contributed by atoms with Gasteiger partial charge in [0, 0.05) is 19.6 Å². The van der Waals surface area contributed by atoms with Crippen molar-refractivity contribution in [2.75, 3.05) is 13.7 Å². The van der Waals surface area contributed by atoms with Crippen LogP contribution in [-0.2, 0) is 13.1 Å². The van der Waals surface area contributed by atoms with Gasteiger partial charge in [-0.05, 0) is 53.6 Å². The molecule has 0 aliphatic rings. The third kappa shape index (κ3) is 4.16. The maximum atomic E-state index is 12.2. The summed E-state index contributed by atoms with van der Waals surface area (Å²) in [5, 5.41) is 8.07. The fourth-order valence-corrected chi connectivity index (χ4v) is 3.51. The maximum Gasteiger partial charge on any atom is 0.315 e. The first kappa shape index (κ1) is 18.8. The van der Waals surface area contributed by atoms with E-state index in [0.717, 1.165) is 38.9 Å². The van der Waals surface area contributed by atoms with E-state index in [4.69, 9.17) is 4.74 Å². The summed E-state index contributed by atoms with van der Waals surface area (Å²) in [7, 11) is 1.66. The van der Waals surface area contributed by atoms with Gasteiger partial charge in [-0.2, -0.15) is 0 Å². The minimum Gasteiger partial charge on any atom is -0.497 e. The van der Waals surface area contributed by atoms with E-state index in [-0.39, 0.29) is 6.03 Å². The third-order valence-corrected chi connectivity index (χ3v) is 5.03. The molecule has 0 unspecified atom stereocenters. The second kappa shape index (κ2) is 8.22. The Labute approximate surface area is 169 Å². The molecule has 6 nitrogen and oxygen atoms in total. The minimum atomic E-state index is -0.179. The number of fused-ring (bicyclic) bond motifs is 2. The number of aromatic nitrogens is 2. The Kier molecular flexibility index (Phi) is 5.33. The maximum absolute atomic E-state index is 12.2. The van der Waals surface area contributed by atoms with E-state index in [1.807, 2.05) is 61.5 Å². The normalized spacial score (nSPS) is 11.0.